The molecule has 0 fully saturated rings. The van der Waals surface area contributed by atoms with Gasteiger partial charge in [-0.25, -0.2) is 0 Å². The van der Waals surface area contributed by atoms with E-state index in [4.69, 9.17) is 10.5 Å². The first-order valence-electron chi connectivity index (χ1n) is 13.5. The summed E-state index contributed by atoms with van der Waals surface area (Å²) in [5.41, 5.74) is 17.2. The molecular formula is C32H41N5O. The maximum Gasteiger partial charge on any atom is 0.126 e. The number of anilines is 2. The number of rotatable bonds is 5. The number of fused-ring (bicyclic) bond motifs is 2. The van der Waals surface area contributed by atoms with Crippen molar-refractivity contribution < 1.29 is 4.74 Å². The summed E-state index contributed by atoms with van der Waals surface area (Å²) < 4.78 is 8.09. The van der Waals surface area contributed by atoms with Crippen LogP contribution < -0.4 is 15.8 Å². The molecule has 0 spiro atoms. The van der Waals surface area contributed by atoms with E-state index in [2.05, 4.69) is 92.4 Å². The summed E-state index contributed by atoms with van der Waals surface area (Å²) in [6.07, 6.45) is 1.93. The Kier molecular flexibility index (Phi) is 6.86. The van der Waals surface area contributed by atoms with Crippen LogP contribution in [0.15, 0.2) is 48.7 Å². The van der Waals surface area contributed by atoms with Gasteiger partial charge in [0.15, 0.2) is 0 Å². The van der Waals surface area contributed by atoms with Crippen LogP contribution in [0.4, 0.5) is 11.4 Å². The van der Waals surface area contributed by atoms with Crippen LogP contribution in [-0.4, -0.2) is 34.9 Å². The number of benzene rings is 3. The van der Waals surface area contributed by atoms with Crippen LogP contribution >= 0.6 is 0 Å². The smallest absolute Gasteiger partial charge is 0.126 e. The highest BCUT2D eigenvalue weighted by atomic mass is 16.5. The Balaban J connectivity index is 1.47. The van der Waals surface area contributed by atoms with Gasteiger partial charge in [-0.05, 0) is 59.2 Å². The molecule has 3 aromatic carbocycles. The molecular weight excluding hydrogens is 470 g/mol. The molecule has 0 bridgehead atoms. The lowest BCUT2D eigenvalue weighted by atomic mass is 9.71. The molecule has 1 atom stereocenters. The lowest BCUT2D eigenvalue weighted by Gasteiger charge is -2.34. The van der Waals surface area contributed by atoms with Crippen LogP contribution in [0.2, 0.25) is 0 Å². The quantitative estimate of drug-likeness (QED) is 0.304. The van der Waals surface area contributed by atoms with E-state index in [1.54, 1.807) is 0 Å². The molecule has 1 unspecified atom stereocenters. The summed E-state index contributed by atoms with van der Waals surface area (Å²) in [6, 6.07) is 15.7. The summed E-state index contributed by atoms with van der Waals surface area (Å²) in [5.74, 6) is 1.20. The maximum atomic E-state index is 6.53. The minimum atomic E-state index is 0.0232. The zero-order valence-corrected chi connectivity index (χ0v) is 23.9. The van der Waals surface area contributed by atoms with Crippen molar-refractivity contribution in [3.63, 3.8) is 0 Å². The Morgan fingerprint density at radius 2 is 1.89 bits per heavy atom. The lowest BCUT2D eigenvalue weighted by molar-refractivity contribution is 0.219. The zero-order chi connectivity index (χ0) is 27.2. The average Bonchev–Trinajstić information content (AvgIpc) is 3.10. The monoisotopic (exact) mass is 511 g/mol. The second kappa shape index (κ2) is 9.99. The van der Waals surface area contributed by atoms with E-state index in [-0.39, 0.29) is 11.3 Å². The molecule has 200 valence electrons. The Hall–Kier alpha value is -3.51. The normalized spacial score (nSPS) is 15.1. The predicted octanol–water partition coefficient (Wildman–Crippen LogP) is 6.39. The van der Waals surface area contributed by atoms with E-state index in [1.807, 2.05) is 25.0 Å². The fraction of sp³-hybridized carbons (Fsp3) is 0.406. The third kappa shape index (κ3) is 4.85. The van der Waals surface area contributed by atoms with Crippen LogP contribution in [0.3, 0.4) is 0 Å². The van der Waals surface area contributed by atoms with Crippen LogP contribution in [0.25, 0.3) is 10.9 Å². The Morgan fingerprint density at radius 1 is 1.11 bits per heavy atom. The second-order valence-electron chi connectivity index (χ2n) is 11.8. The summed E-state index contributed by atoms with van der Waals surface area (Å²) in [7, 11) is 3.90. The Labute approximate surface area is 226 Å². The number of nitrogens with two attached hydrogens (primary N) is 1. The molecule has 1 aromatic heterocycles. The number of nitrogens with one attached hydrogen (secondary N) is 1. The maximum absolute atomic E-state index is 6.53. The van der Waals surface area contributed by atoms with E-state index < -0.39 is 0 Å². The van der Waals surface area contributed by atoms with E-state index in [0.717, 1.165) is 53.2 Å². The summed E-state index contributed by atoms with van der Waals surface area (Å²) in [5, 5.41) is 8.79. The third-order valence-electron chi connectivity index (χ3n) is 8.09. The van der Waals surface area contributed by atoms with Gasteiger partial charge in [-0.3, -0.25) is 9.58 Å². The topological polar surface area (TPSA) is 68.3 Å². The first kappa shape index (κ1) is 26.1. The van der Waals surface area contributed by atoms with Gasteiger partial charge in [0.1, 0.15) is 12.4 Å². The van der Waals surface area contributed by atoms with Gasteiger partial charge in [-0.2, -0.15) is 5.10 Å². The van der Waals surface area contributed by atoms with Crippen molar-refractivity contribution >= 4 is 22.3 Å². The first-order chi connectivity index (χ1) is 18.1. The van der Waals surface area contributed by atoms with Gasteiger partial charge in [0.05, 0.1) is 23.1 Å². The van der Waals surface area contributed by atoms with E-state index >= 15 is 0 Å². The molecule has 0 aliphatic carbocycles. The van der Waals surface area contributed by atoms with Gasteiger partial charge in [0.2, 0.25) is 0 Å². The fourth-order valence-electron chi connectivity index (χ4n) is 5.93. The van der Waals surface area contributed by atoms with E-state index in [1.165, 1.54) is 27.8 Å². The van der Waals surface area contributed by atoms with Gasteiger partial charge in [0, 0.05) is 56.7 Å². The molecule has 0 saturated heterocycles. The molecule has 0 amide bonds. The summed E-state index contributed by atoms with van der Waals surface area (Å²) in [4.78, 5) is 2.50. The fourth-order valence-corrected chi connectivity index (χ4v) is 5.93. The molecule has 6 nitrogen and oxygen atoms in total. The van der Waals surface area contributed by atoms with Gasteiger partial charge >= 0.3 is 0 Å². The van der Waals surface area contributed by atoms with Crippen LogP contribution in [0, 0.1) is 19.3 Å². The van der Waals surface area contributed by atoms with Crippen molar-refractivity contribution in [1.82, 2.24) is 14.7 Å². The summed E-state index contributed by atoms with van der Waals surface area (Å²) in [6.45, 7) is 14.6. The van der Waals surface area contributed by atoms with Crippen molar-refractivity contribution in [2.45, 2.75) is 53.6 Å². The molecule has 3 N–H and O–H groups in total. The van der Waals surface area contributed by atoms with Crippen molar-refractivity contribution in [2.75, 3.05) is 31.2 Å². The van der Waals surface area contributed by atoms with Crippen molar-refractivity contribution in [2.24, 2.45) is 12.5 Å². The molecule has 38 heavy (non-hydrogen) atoms. The molecule has 1 aliphatic rings. The number of aromatic nitrogens is 2. The van der Waals surface area contributed by atoms with Crippen LogP contribution in [0.1, 0.15) is 60.1 Å². The van der Waals surface area contributed by atoms with Crippen molar-refractivity contribution in [3.05, 3.63) is 82.0 Å². The number of hydrogen-bond donors (Lipinski definition) is 2. The number of aryl methyl sites for hydroxylation is 2. The lowest BCUT2D eigenvalue weighted by Crippen LogP contribution is -2.26. The minimum Gasteiger partial charge on any atom is -0.492 e. The molecule has 0 radical (unpaired) electrons. The van der Waals surface area contributed by atoms with Gasteiger partial charge < -0.3 is 15.8 Å². The molecule has 0 saturated carbocycles. The average molecular weight is 512 g/mol. The predicted molar refractivity (Wildman–Crippen MR) is 158 cm³/mol. The van der Waals surface area contributed by atoms with Crippen molar-refractivity contribution in [3.8, 4) is 5.75 Å². The number of ether oxygens (including phenoxy) is 1. The zero-order valence-electron chi connectivity index (χ0n) is 23.9. The first-order valence-corrected chi connectivity index (χ1v) is 13.5. The standard InChI is InChI=1S/C32H41N5O/c1-20-8-9-22(30(32(3,4)5)26-10-11-27(34-6)31(33)21(26)2)14-24(20)18-37-12-13-38-29-16-28-23(15-25(29)19-37)17-35-36(28)7/h8-11,14-17,30,34H,12-13,18-19,33H2,1-7H3. The van der Waals surface area contributed by atoms with E-state index in [0.29, 0.717) is 6.61 Å². The van der Waals surface area contributed by atoms with Crippen LogP contribution in [-0.2, 0) is 20.1 Å². The molecule has 5 rings (SSSR count). The largest absolute Gasteiger partial charge is 0.492 e. The summed E-state index contributed by atoms with van der Waals surface area (Å²) >= 11 is 0. The highest BCUT2D eigenvalue weighted by Crippen LogP contribution is 2.44. The van der Waals surface area contributed by atoms with Gasteiger partial charge in [-0.15, -0.1) is 0 Å². The van der Waals surface area contributed by atoms with Gasteiger partial charge in [-0.1, -0.05) is 45.0 Å². The Bertz CT molecular complexity index is 1480. The van der Waals surface area contributed by atoms with Crippen molar-refractivity contribution in [1.29, 1.82) is 0 Å². The number of nitrogen functional groups attached to an aromatic ring is 1. The number of hydrogen-bond acceptors (Lipinski definition) is 5. The highest BCUT2D eigenvalue weighted by Gasteiger charge is 2.30. The molecule has 2 heterocycles. The van der Waals surface area contributed by atoms with Gasteiger partial charge in [0.25, 0.3) is 0 Å². The minimum absolute atomic E-state index is 0.0232. The molecule has 6 heteroatoms. The number of nitrogens with zero attached hydrogens (tertiary/aromatic N) is 3. The SMILES string of the molecule is CNc1ccc(C(c2ccc(C)c(CN3CCOc4cc5c(cnn5C)cc4C3)c2)C(C)(C)C)c(C)c1N. The molecule has 1 aliphatic heterocycles. The highest BCUT2D eigenvalue weighted by molar-refractivity contribution is 5.81. The third-order valence-corrected chi connectivity index (χ3v) is 8.09. The van der Waals surface area contributed by atoms with Crippen LogP contribution in [0.5, 0.6) is 5.75 Å². The molecule has 4 aromatic rings. The van der Waals surface area contributed by atoms with E-state index in [9.17, 15) is 0 Å². The second-order valence-corrected chi connectivity index (χ2v) is 11.8. The Morgan fingerprint density at radius 3 is 2.63 bits per heavy atom.